The third kappa shape index (κ3) is 5.75. The monoisotopic (exact) mass is 289 g/mol. The predicted molar refractivity (Wildman–Crippen MR) is 74.4 cm³/mol. The molecule has 1 rings (SSSR count). The standard InChI is InChI=1S/C14H27NO5/c1-17-6-7-18-8-9-19-10-11-20-13(16)14(12-15)4-2-3-5-14/h2-12,15H2,1H3. The first-order valence-corrected chi connectivity index (χ1v) is 7.27. The number of methoxy groups -OCH3 is 1. The quantitative estimate of drug-likeness (QED) is 0.446. The van der Waals surface area contributed by atoms with Crippen molar-refractivity contribution in [3.05, 3.63) is 0 Å². The third-order valence-electron chi connectivity index (χ3n) is 3.65. The van der Waals surface area contributed by atoms with Crippen LogP contribution in [-0.2, 0) is 23.7 Å². The molecule has 6 heteroatoms. The zero-order valence-electron chi connectivity index (χ0n) is 12.4. The van der Waals surface area contributed by atoms with Crippen LogP contribution in [0.5, 0.6) is 0 Å². The number of carbonyl (C=O) groups excluding carboxylic acids is 1. The van der Waals surface area contributed by atoms with Crippen LogP contribution in [-0.4, -0.2) is 59.3 Å². The lowest BCUT2D eigenvalue weighted by molar-refractivity contribution is -0.156. The van der Waals surface area contributed by atoms with Crippen LogP contribution >= 0.6 is 0 Å². The molecule has 0 radical (unpaired) electrons. The van der Waals surface area contributed by atoms with Gasteiger partial charge in [0.15, 0.2) is 0 Å². The van der Waals surface area contributed by atoms with E-state index in [9.17, 15) is 4.79 Å². The van der Waals surface area contributed by atoms with Gasteiger partial charge in [0, 0.05) is 13.7 Å². The first-order chi connectivity index (χ1) is 9.75. The fraction of sp³-hybridized carbons (Fsp3) is 0.929. The van der Waals surface area contributed by atoms with Gasteiger partial charge >= 0.3 is 5.97 Å². The first kappa shape index (κ1) is 17.4. The van der Waals surface area contributed by atoms with Crippen molar-refractivity contribution in [2.75, 3.05) is 53.3 Å². The van der Waals surface area contributed by atoms with E-state index in [1.807, 2.05) is 0 Å². The second-order valence-corrected chi connectivity index (χ2v) is 5.05. The Labute approximate surface area is 120 Å². The predicted octanol–water partition coefficient (Wildman–Crippen LogP) is 0.728. The zero-order chi connectivity index (χ0) is 14.7. The number of esters is 1. The lowest BCUT2D eigenvalue weighted by Crippen LogP contribution is -2.38. The van der Waals surface area contributed by atoms with Gasteiger partial charge < -0.3 is 24.7 Å². The normalized spacial score (nSPS) is 17.3. The van der Waals surface area contributed by atoms with Gasteiger partial charge in [-0.3, -0.25) is 4.79 Å². The highest BCUT2D eigenvalue weighted by molar-refractivity contribution is 5.77. The smallest absolute Gasteiger partial charge is 0.313 e. The van der Waals surface area contributed by atoms with E-state index in [0.29, 0.717) is 39.6 Å². The van der Waals surface area contributed by atoms with E-state index in [1.54, 1.807) is 7.11 Å². The molecule has 0 bridgehead atoms. The fourth-order valence-corrected chi connectivity index (χ4v) is 2.35. The average Bonchev–Trinajstić information content (AvgIpc) is 2.95. The van der Waals surface area contributed by atoms with Gasteiger partial charge in [-0.15, -0.1) is 0 Å². The maximum absolute atomic E-state index is 12.0. The number of hydrogen-bond acceptors (Lipinski definition) is 6. The molecule has 0 atom stereocenters. The number of carbonyl (C=O) groups is 1. The number of rotatable bonds is 11. The molecule has 0 aliphatic heterocycles. The minimum absolute atomic E-state index is 0.169. The van der Waals surface area contributed by atoms with Gasteiger partial charge in [0.2, 0.25) is 0 Å². The molecule has 0 aromatic heterocycles. The molecular weight excluding hydrogens is 262 g/mol. The summed E-state index contributed by atoms with van der Waals surface area (Å²) in [6.07, 6.45) is 3.80. The molecule has 0 amide bonds. The Balaban J connectivity index is 1.99. The Bertz CT molecular complexity index is 266. The highest BCUT2D eigenvalue weighted by atomic mass is 16.6. The minimum atomic E-state index is -0.441. The number of hydrogen-bond donors (Lipinski definition) is 1. The Morgan fingerprint density at radius 1 is 1.00 bits per heavy atom. The highest BCUT2D eigenvalue weighted by Gasteiger charge is 2.41. The maximum atomic E-state index is 12.0. The first-order valence-electron chi connectivity index (χ1n) is 7.27. The summed E-state index contributed by atoms with van der Waals surface area (Å²) in [7, 11) is 1.63. The summed E-state index contributed by atoms with van der Waals surface area (Å²) in [5.74, 6) is -0.169. The van der Waals surface area contributed by atoms with Gasteiger partial charge in [0.1, 0.15) is 6.61 Å². The molecular formula is C14H27NO5. The van der Waals surface area contributed by atoms with E-state index >= 15 is 0 Å². The summed E-state index contributed by atoms with van der Waals surface area (Å²) < 4.78 is 20.7. The molecule has 0 saturated heterocycles. The molecule has 1 aliphatic carbocycles. The molecule has 1 aliphatic rings. The lowest BCUT2D eigenvalue weighted by atomic mass is 9.86. The van der Waals surface area contributed by atoms with Crippen molar-refractivity contribution < 1.29 is 23.7 Å². The van der Waals surface area contributed by atoms with Crippen molar-refractivity contribution in [3.8, 4) is 0 Å². The van der Waals surface area contributed by atoms with Gasteiger partial charge in [-0.05, 0) is 12.8 Å². The largest absolute Gasteiger partial charge is 0.463 e. The van der Waals surface area contributed by atoms with E-state index in [2.05, 4.69) is 0 Å². The molecule has 1 saturated carbocycles. The average molecular weight is 289 g/mol. The van der Waals surface area contributed by atoms with Crippen LogP contribution in [0.4, 0.5) is 0 Å². The van der Waals surface area contributed by atoms with Crippen molar-refractivity contribution >= 4 is 5.97 Å². The van der Waals surface area contributed by atoms with Gasteiger partial charge in [0.25, 0.3) is 0 Å². The van der Waals surface area contributed by atoms with Crippen LogP contribution in [0.1, 0.15) is 25.7 Å². The van der Waals surface area contributed by atoms with Crippen LogP contribution in [0.2, 0.25) is 0 Å². The van der Waals surface area contributed by atoms with Gasteiger partial charge in [-0.1, -0.05) is 12.8 Å². The summed E-state index contributed by atoms with van der Waals surface area (Å²) in [4.78, 5) is 12.0. The number of ether oxygens (including phenoxy) is 4. The molecule has 20 heavy (non-hydrogen) atoms. The highest BCUT2D eigenvalue weighted by Crippen LogP contribution is 2.38. The zero-order valence-corrected chi connectivity index (χ0v) is 12.4. The van der Waals surface area contributed by atoms with E-state index in [1.165, 1.54) is 0 Å². The molecule has 118 valence electrons. The fourth-order valence-electron chi connectivity index (χ4n) is 2.35. The van der Waals surface area contributed by atoms with Crippen LogP contribution in [0.15, 0.2) is 0 Å². The van der Waals surface area contributed by atoms with Crippen molar-refractivity contribution in [1.29, 1.82) is 0 Å². The Morgan fingerprint density at radius 2 is 1.55 bits per heavy atom. The van der Waals surface area contributed by atoms with E-state index in [-0.39, 0.29) is 12.6 Å². The van der Waals surface area contributed by atoms with Gasteiger partial charge in [-0.2, -0.15) is 0 Å². The molecule has 0 aromatic carbocycles. The molecule has 0 spiro atoms. The second-order valence-electron chi connectivity index (χ2n) is 5.05. The molecule has 2 N–H and O–H groups in total. The molecule has 0 unspecified atom stereocenters. The Morgan fingerprint density at radius 3 is 2.10 bits per heavy atom. The number of nitrogens with two attached hydrogens (primary N) is 1. The van der Waals surface area contributed by atoms with Crippen LogP contribution < -0.4 is 5.73 Å². The summed E-state index contributed by atoms with van der Waals surface area (Å²) in [5, 5.41) is 0. The van der Waals surface area contributed by atoms with Crippen LogP contribution in [0.3, 0.4) is 0 Å². The van der Waals surface area contributed by atoms with Crippen LogP contribution in [0, 0.1) is 5.41 Å². The summed E-state index contributed by atoms with van der Waals surface area (Å²) in [6.45, 7) is 3.19. The van der Waals surface area contributed by atoms with Gasteiger partial charge in [-0.25, -0.2) is 0 Å². The van der Waals surface area contributed by atoms with Crippen molar-refractivity contribution in [3.63, 3.8) is 0 Å². The SMILES string of the molecule is COCCOCCOCCOC(=O)C1(CN)CCCC1. The van der Waals surface area contributed by atoms with E-state index < -0.39 is 5.41 Å². The van der Waals surface area contributed by atoms with Crippen molar-refractivity contribution in [1.82, 2.24) is 0 Å². The maximum Gasteiger partial charge on any atom is 0.313 e. The van der Waals surface area contributed by atoms with Gasteiger partial charge in [0.05, 0.1) is 38.4 Å². The lowest BCUT2D eigenvalue weighted by Gasteiger charge is -2.24. The third-order valence-corrected chi connectivity index (χ3v) is 3.65. The molecule has 0 heterocycles. The molecule has 1 fully saturated rings. The summed E-state index contributed by atoms with van der Waals surface area (Å²) in [5.41, 5.74) is 5.28. The molecule has 0 aromatic rings. The van der Waals surface area contributed by atoms with E-state index in [4.69, 9.17) is 24.7 Å². The topological polar surface area (TPSA) is 80.0 Å². The summed E-state index contributed by atoms with van der Waals surface area (Å²) in [6, 6.07) is 0. The Kier molecular flexibility index (Phi) is 8.77. The van der Waals surface area contributed by atoms with E-state index in [0.717, 1.165) is 25.7 Å². The summed E-state index contributed by atoms with van der Waals surface area (Å²) >= 11 is 0. The van der Waals surface area contributed by atoms with Crippen molar-refractivity contribution in [2.45, 2.75) is 25.7 Å². The Hall–Kier alpha value is -0.690. The van der Waals surface area contributed by atoms with Crippen LogP contribution in [0.25, 0.3) is 0 Å². The minimum Gasteiger partial charge on any atom is -0.463 e. The molecule has 6 nitrogen and oxygen atoms in total. The van der Waals surface area contributed by atoms with Crippen molar-refractivity contribution in [2.24, 2.45) is 11.1 Å². The second kappa shape index (κ2) is 10.1.